The van der Waals surface area contributed by atoms with Gasteiger partial charge in [0, 0.05) is 51.2 Å². The number of nitrogen functional groups attached to an aromatic ring is 1. The Morgan fingerprint density at radius 2 is 1.80 bits per heavy atom. The number of carbonyl (C=O) groups is 2. The molecule has 0 unspecified atom stereocenters. The van der Waals surface area contributed by atoms with Crippen LogP contribution in [-0.4, -0.2) is 97.0 Å². The highest BCUT2D eigenvalue weighted by atomic mass is 35.5. The third-order valence-electron chi connectivity index (χ3n) is 7.38. The number of pyridine rings is 1. The molecule has 1 saturated heterocycles. The van der Waals surface area contributed by atoms with Crippen LogP contribution in [0.4, 0.5) is 11.6 Å². The van der Waals surface area contributed by atoms with Crippen LogP contribution in [0.2, 0.25) is 5.02 Å². The number of nitrogens with two attached hydrogens (primary N) is 1. The summed E-state index contributed by atoms with van der Waals surface area (Å²) in [5.74, 6) is -0.613. The molecule has 228 valence electrons. The molecule has 44 heavy (non-hydrogen) atoms. The van der Waals surface area contributed by atoms with Crippen molar-refractivity contribution in [2.45, 2.75) is 13.5 Å². The van der Waals surface area contributed by atoms with Crippen LogP contribution >= 0.6 is 11.6 Å². The largest absolute Gasteiger partial charge is 0.482 e. The zero-order chi connectivity index (χ0) is 30.8. The van der Waals surface area contributed by atoms with E-state index in [-0.39, 0.29) is 29.9 Å². The number of aliphatic carboxylic acids is 1. The third-order valence-corrected chi connectivity index (χ3v) is 7.75. The summed E-state index contributed by atoms with van der Waals surface area (Å²) in [7, 11) is 0. The van der Waals surface area contributed by atoms with Crippen molar-refractivity contribution in [3.05, 3.63) is 59.4 Å². The maximum atomic E-state index is 13.2. The number of esters is 1. The number of halogens is 1. The molecule has 0 aliphatic carbocycles. The van der Waals surface area contributed by atoms with Crippen molar-refractivity contribution in [2.75, 3.05) is 56.6 Å². The molecule has 14 nitrogen and oxygen atoms in total. The van der Waals surface area contributed by atoms with E-state index in [1.54, 1.807) is 42.0 Å². The Balaban J connectivity index is 1.23. The van der Waals surface area contributed by atoms with E-state index in [1.165, 1.54) is 4.52 Å². The molecule has 0 saturated carbocycles. The second-order valence-electron chi connectivity index (χ2n) is 10.1. The van der Waals surface area contributed by atoms with Crippen LogP contribution in [0.5, 0.6) is 5.75 Å². The van der Waals surface area contributed by atoms with Gasteiger partial charge in [0.1, 0.15) is 22.8 Å². The molecule has 6 rings (SSSR count). The highest BCUT2D eigenvalue weighted by molar-refractivity contribution is 6.39. The first-order chi connectivity index (χ1) is 21.3. The van der Waals surface area contributed by atoms with E-state index in [0.29, 0.717) is 47.0 Å². The minimum absolute atomic E-state index is 0.0981. The number of aromatic nitrogens is 6. The molecule has 1 fully saturated rings. The molecule has 0 amide bonds. The molecule has 0 spiro atoms. The van der Waals surface area contributed by atoms with Gasteiger partial charge in [0.25, 0.3) is 0 Å². The molecule has 1 aliphatic heterocycles. The number of carbonyl (C=O) groups excluding carboxylic acids is 1. The van der Waals surface area contributed by atoms with Gasteiger partial charge < -0.3 is 29.8 Å². The van der Waals surface area contributed by atoms with Crippen molar-refractivity contribution in [3.63, 3.8) is 0 Å². The van der Waals surface area contributed by atoms with E-state index < -0.39 is 11.9 Å². The lowest BCUT2D eigenvalue weighted by Gasteiger charge is -2.36. The molecule has 1 aromatic carbocycles. The highest BCUT2D eigenvalue weighted by Gasteiger charge is 2.29. The van der Waals surface area contributed by atoms with E-state index >= 15 is 0 Å². The molecule has 0 atom stereocenters. The van der Waals surface area contributed by atoms with Gasteiger partial charge in [-0.1, -0.05) is 17.7 Å². The van der Waals surface area contributed by atoms with Crippen LogP contribution in [0, 0.1) is 0 Å². The number of rotatable bonds is 10. The number of anilines is 2. The van der Waals surface area contributed by atoms with Crippen LogP contribution < -0.4 is 15.4 Å². The first kappa shape index (κ1) is 29.1. The van der Waals surface area contributed by atoms with Crippen LogP contribution in [0.3, 0.4) is 0 Å². The Morgan fingerprint density at radius 3 is 2.48 bits per heavy atom. The number of hydrogen-bond acceptors (Lipinski definition) is 11. The second-order valence-corrected chi connectivity index (χ2v) is 10.5. The Morgan fingerprint density at radius 1 is 1.02 bits per heavy atom. The van der Waals surface area contributed by atoms with Gasteiger partial charge in [-0.2, -0.15) is 9.50 Å². The lowest BCUT2D eigenvalue weighted by Crippen LogP contribution is -2.47. The van der Waals surface area contributed by atoms with Crippen molar-refractivity contribution in [3.8, 4) is 17.3 Å². The molecule has 0 bridgehead atoms. The number of fused-ring (bicyclic) bond motifs is 3. The normalized spacial score (nSPS) is 13.9. The average Bonchev–Trinajstić information content (AvgIpc) is 3.60. The van der Waals surface area contributed by atoms with Gasteiger partial charge in [-0.25, -0.2) is 14.6 Å². The Labute approximate surface area is 256 Å². The van der Waals surface area contributed by atoms with Crippen molar-refractivity contribution in [1.82, 2.24) is 34.0 Å². The van der Waals surface area contributed by atoms with Crippen molar-refractivity contribution in [1.29, 1.82) is 0 Å². The van der Waals surface area contributed by atoms with Gasteiger partial charge in [0.15, 0.2) is 12.3 Å². The predicted octanol–water partition coefficient (Wildman–Crippen LogP) is 2.84. The summed E-state index contributed by atoms with van der Waals surface area (Å²) in [4.78, 5) is 42.1. The number of nitrogens with zero attached hydrogens (tertiary/aromatic N) is 8. The van der Waals surface area contributed by atoms with Crippen LogP contribution in [-0.2, 0) is 16.1 Å². The standard InChI is InChI=1S/C29H30ClN9O5/c1-2-43-28(42)24-23(30)22-26(34-29(31)39-27(22)33-25(35-39)20-5-3-4-10-32-20)38(24)16-13-36-11-14-37(15-12-36)18-6-8-19(9-7-18)44-17-21(40)41/h3-10H,2,11-17H2,1H3,(H2,31,34)(H,40,41). The molecular weight excluding hydrogens is 590 g/mol. The number of carboxylic acid groups (broad SMARTS) is 1. The lowest BCUT2D eigenvalue weighted by atomic mass is 10.2. The van der Waals surface area contributed by atoms with Gasteiger partial charge in [-0.15, -0.1) is 5.10 Å². The fourth-order valence-electron chi connectivity index (χ4n) is 5.27. The van der Waals surface area contributed by atoms with E-state index in [1.807, 2.05) is 18.2 Å². The zero-order valence-corrected chi connectivity index (χ0v) is 24.6. The number of piperazine rings is 1. The van der Waals surface area contributed by atoms with Gasteiger partial charge in [0.05, 0.1) is 17.0 Å². The maximum Gasteiger partial charge on any atom is 0.356 e. The van der Waals surface area contributed by atoms with E-state index in [2.05, 4.69) is 29.9 Å². The maximum absolute atomic E-state index is 13.2. The zero-order valence-electron chi connectivity index (χ0n) is 23.9. The monoisotopic (exact) mass is 619 g/mol. The first-order valence-electron chi connectivity index (χ1n) is 14.1. The second kappa shape index (κ2) is 12.3. The highest BCUT2D eigenvalue weighted by Crippen LogP contribution is 2.34. The van der Waals surface area contributed by atoms with Crippen molar-refractivity contribution < 1.29 is 24.2 Å². The molecule has 5 heterocycles. The summed E-state index contributed by atoms with van der Waals surface area (Å²) >= 11 is 6.88. The fourth-order valence-corrected chi connectivity index (χ4v) is 5.62. The van der Waals surface area contributed by atoms with Crippen LogP contribution in [0.15, 0.2) is 48.7 Å². The van der Waals surface area contributed by atoms with Gasteiger partial charge in [-0.05, 0) is 43.3 Å². The number of benzene rings is 1. The molecule has 15 heteroatoms. The fraction of sp³-hybridized carbons (Fsp3) is 0.310. The average molecular weight is 620 g/mol. The molecule has 3 N–H and O–H groups in total. The SMILES string of the molecule is CCOC(=O)c1c(Cl)c2c(nc(N)n3nc(-c4ccccn4)nc23)n1CCN1CCN(c2ccc(OCC(=O)O)cc2)CC1. The van der Waals surface area contributed by atoms with E-state index in [0.717, 1.165) is 31.9 Å². The topological polar surface area (TPSA) is 166 Å². The Hall–Kier alpha value is -4.95. The molecule has 1 aliphatic rings. The predicted molar refractivity (Wildman–Crippen MR) is 163 cm³/mol. The van der Waals surface area contributed by atoms with Gasteiger partial charge >= 0.3 is 11.9 Å². The molecule has 4 aromatic heterocycles. The van der Waals surface area contributed by atoms with E-state index in [4.69, 9.17) is 31.9 Å². The molecular formula is C29H30ClN9O5. The Bertz CT molecular complexity index is 1820. The molecule has 0 radical (unpaired) electrons. The number of ether oxygens (including phenoxy) is 2. The summed E-state index contributed by atoms with van der Waals surface area (Å²) in [6, 6.07) is 12.8. The first-order valence-corrected chi connectivity index (χ1v) is 14.5. The van der Waals surface area contributed by atoms with Gasteiger partial charge in [0.2, 0.25) is 11.8 Å². The summed E-state index contributed by atoms with van der Waals surface area (Å²) in [5.41, 5.74) is 8.91. The summed E-state index contributed by atoms with van der Waals surface area (Å²) in [6.45, 7) is 5.73. The lowest BCUT2D eigenvalue weighted by molar-refractivity contribution is -0.139. The van der Waals surface area contributed by atoms with Crippen LogP contribution in [0.1, 0.15) is 17.4 Å². The summed E-state index contributed by atoms with van der Waals surface area (Å²) in [6.07, 6.45) is 1.65. The minimum atomic E-state index is -1.02. The van der Waals surface area contributed by atoms with Crippen molar-refractivity contribution >= 4 is 51.9 Å². The minimum Gasteiger partial charge on any atom is -0.482 e. The smallest absolute Gasteiger partial charge is 0.356 e. The summed E-state index contributed by atoms with van der Waals surface area (Å²) in [5, 5.41) is 13.9. The quantitative estimate of drug-likeness (QED) is 0.220. The number of hydrogen-bond donors (Lipinski definition) is 2. The van der Waals surface area contributed by atoms with Crippen molar-refractivity contribution in [2.24, 2.45) is 0 Å². The van der Waals surface area contributed by atoms with Crippen LogP contribution in [0.25, 0.3) is 28.2 Å². The third kappa shape index (κ3) is 5.68. The Kier molecular flexibility index (Phi) is 8.17. The number of carboxylic acids is 1. The van der Waals surface area contributed by atoms with Gasteiger partial charge in [-0.3, -0.25) is 9.88 Å². The summed E-state index contributed by atoms with van der Waals surface area (Å²) < 4.78 is 13.8. The molecule has 5 aromatic rings. The van der Waals surface area contributed by atoms with E-state index in [9.17, 15) is 9.59 Å².